The Balaban J connectivity index is 2.42. The Morgan fingerprint density at radius 1 is 1.42 bits per heavy atom. The first-order chi connectivity index (χ1) is 9.17. The van der Waals surface area contributed by atoms with E-state index in [9.17, 15) is 4.79 Å². The number of amides is 1. The fourth-order valence-electron chi connectivity index (χ4n) is 1.43. The van der Waals surface area contributed by atoms with Crippen LogP contribution in [-0.2, 0) is 11.2 Å². The molecule has 100 valence electrons. The van der Waals surface area contributed by atoms with E-state index in [1.54, 1.807) is 24.3 Å². The molecule has 5 nitrogen and oxygen atoms in total. The van der Waals surface area contributed by atoms with Gasteiger partial charge in [-0.25, -0.2) is 0 Å². The Morgan fingerprint density at radius 2 is 2.11 bits per heavy atom. The van der Waals surface area contributed by atoms with E-state index in [2.05, 4.69) is 10.6 Å². The number of hydrogen-bond donors (Lipinski definition) is 3. The molecule has 0 bridgehead atoms. The fourth-order valence-corrected chi connectivity index (χ4v) is 1.43. The molecule has 19 heavy (non-hydrogen) atoms. The van der Waals surface area contributed by atoms with E-state index in [1.165, 1.54) is 6.20 Å². The maximum atomic E-state index is 11.6. The Labute approximate surface area is 112 Å². The number of nitriles is 1. The van der Waals surface area contributed by atoms with Gasteiger partial charge in [-0.15, -0.1) is 0 Å². The average molecular weight is 259 g/mol. The SMILES string of the molecule is CCN/C=C(/C#N)C(=O)NCCc1ccc(O)cc1. The minimum Gasteiger partial charge on any atom is -0.508 e. The number of phenols is 1. The van der Waals surface area contributed by atoms with Crippen LogP contribution in [0.4, 0.5) is 0 Å². The third-order valence-corrected chi connectivity index (χ3v) is 2.45. The summed E-state index contributed by atoms with van der Waals surface area (Å²) in [6.07, 6.45) is 2.06. The molecule has 0 saturated heterocycles. The van der Waals surface area contributed by atoms with E-state index >= 15 is 0 Å². The van der Waals surface area contributed by atoms with Crippen molar-refractivity contribution in [2.75, 3.05) is 13.1 Å². The van der Waals surface area contributed by atoms with Crippen LogP contribution in [0.1, 0.15) is 12.5 Å². The zero-order valence-corrected chi connectivity index (χ0v) is 10.8. The number of phenolic OH excluding ortho intramolecular Hbond substituents is 1. The molecular weight excluding hydrogens is 242 g/mol. The summed E-state index contributed by atoms with van der Waals surface area (Å²) in [6.45, 7) is 2.98. The van der Waals surface area contributed by atoms with E-state index in [0.29, 0.717) is 19.5 Å². The summed E-state index contributed by atoms with van der Waals surface area (Å²) in [5, 5.41) is 23.5. The van der Waals surface area contributed by atoms with Gasteiger partial charge in [0.15, 0.2) is 0 Å². The first-order valence-corrected chi connectivity index (χ1v) is 6.07. The highest BCUT2D eigenvalue weighted by atomic mass is 16.3. The van der Waals surface area contributed by atoms with Crippen LogP contribution in [-0.4, -0.2) is 24.1 Å². The molecule has 0 atom stereocenters. The zero-order valence-electron chi connectivity index (χ0n) is 10.8. The number of nitrogens with one attached hydrogen (secondary N) is 2. The summed E-state index contributed by atoms with van der Waals surface area (Å²) >= 11 is 0. The number of carbonyl (C=O) groups excluding carboxylic acids is 1. The molecule has 0 aliphatic rings. The van der Waals surface area contributed by atoms with Crippen molar-refractivity contribution >= 4 is 5.91 Å². The molecule has 1 aromatic rings. The number of carbonyl (C=O) groups is 1. The van der Waals surface area contributed by atoms with Crippen molar-refractivity contribution in [3.8, 4) is 11.8 Å². The lowest BCUT2D eigenvalue weighted by Gasteiger charge is -2.05. The van der Waals surface area contributed by atoms with Gasteiger partial charge >= 0.3 is 0 Å². The quantitative estimate of drug-likeness (QED) is 0.527. The monoisotopic (exact) mass is 259 g/mol. The standard InChI is InChI=1S/C14H17N3O2/c1-2-16-10-12(9-15)14(19)17-8-7-11-3-5-13(18)6-4-11/h3-6,10,16,18H,2,7-8H2,1H3,(H,17,19)/b12-10-. The fraction of sp³-hybridized carbons (Fsp3) is 0.286. The third kappa shape index (κ3) is 5.13. The van der Waals surface area contributed by atoms with Gasteiger partial charge in [-0.1, -0.05) is 12.1 Å². The molecule has 0 unspecified atom stereocenters. The number of aromatic hydroxyl groups is 1. The van der Waals surface area contributed by atoms with Crippen molar-refractivity contribution < 1.29 is 9.90 Å². The molecule has 5 heteroatoms. The molecule has 0 spiro atoms. The number of nitrogens with zero attached hydrogens (tertiary/aromatic N) is 1. The second-order valence-electron chi connectivity index (χ2n) is 3.90. The lowest BCUT2D eigenvalue weighted by atomic mass is 10.1. The third-order valence-electron chi connectivity index (χ3n) is 2.45. The Kier molecular flexibility index (Phi) is 5.96. The van der Waals surface area contributed by atoms with E-state index in [0.717, 1.165) is 5.56 Å². The van der Waals surface area contributed by atoms with Crippen LogP contribution in [0, 0.1) is 11.3 Å². The summed E-state index contributed by atoms with van der Waals surface area (Å²) in [4.78, 5) is 11.6. The number of benzene rings is 1. The van der Waals surface area contributed by atoms with Crippen molar-refractivity contribution in [2.24, 2.45) is 0 Å². The van der Waals surface area contributed by atoms with Crippen LogP contribution in [0.25, 0.3) is 0 Å². The van der Waals surface area contributed by atoms with Gasteiger partial charge in [0.05, 0.1) is 0 Å². The van der Waals surface area contributed by atoms with Gasteiger partial charge in [-0.05, 0) is 31.0 Å². The van der Waals surface area contributed by atoms with E-state index in [1.807, 2.05) is 13.0 Å². The molecule has 0 heterocycles. The molecule has 0 saturated carbocycles. The van der Waals surface area contributed by atoms with Crippen molar-refractivity contribution in [1.82, 2.24) is 10.6 Å². The molecule has 1 amide bonds. The predicted octanol–water partition coefficient (Wildman–Crippen LogP) is 1.07. The minimum atomic E-state index is -0.387. The van der Waals surface area contributed by atoms with Gasteiger partial charge < -0.3 is 15.7 Å². The Bertz CT molecular complexity index is 486. The Hall–Kier alpha value is -2.48. The van der Waals surface area contributed by atoms with Crippen LogP contribution in [0.2, 0.25) is 0 Å². The maximum Gasteiger partial charge on any atom is 0.263 e. The van der Waals surface area contributed by atoms with Crippen LogP contribution >= 0.6 is 0 Å². The normalized spacial score (nSPS) is 10.6. The van der Waals surface area contributed by atoms with Crippen molar-refractivity contribution in [2.45, 2.75) is 13.3 Å². The van der Waals surface area contributed by atoms with Crippen LogP contribution < -0.4 is 10.6 Å². The highest BCUT2D eigenvalue weighted by Gasteiger charge is 2.07. The average Bonchev–Trinajstić information content (AvgIpc) is 2.42. The van der Waals surface area contributed by atoms with Gasteiger partial charge in [-0.2, -0.15) is 5.26 Å². The maximum absolute atomic E-state index is 11.6. The summed E-state index contributed by atoms with van der Waals surface area (Å²) < 4.78 is 0. The van der Waals surface area contributed by atoms with Crippen LogP contribution in [0.5, 0.6) is 5.75 Å². The lowest BCUT2D eigenvalue weighted by molar-refractivity contribution is -0.117. The largest absolute Gasteiger partial charge is 0.508 e. The lowest BCUT2D eigenvalue weighted by Crippen LogP contribution is -2.27. The summed E-state index contributed by atoms with van der Waals surface area (Å²) in [7, 11) is 0. The van der Waals surface area contributed by atoms with Gasteiger partial charge in [0.1, 0.15) is 17.4 Å². The second kappa shape index (κ2) is 7.77. The summed E-state index contributed by atoms with van der Waals surface area (Å²) in [5.41, 5.74) is 1.07. The van der Waals surface area contributed by atoms with Crippen LogP contribution in [0.3, 0.4) is 0 Å². The van der Waals surface area contributed by atoms with Gasteiger partial charge in [0, 0.05) is 19.3 Å². The van der Waals surface area contributed by atoms with Gasteiger partial charge in [0.25, 0.3) is 5.91 Å². The molecule has 0 fully saturated rings. The zero-order chi connectivity index (χ0) is 14.1. The van der Waals surface area contributed by atoms with E-state index < -0.39 is 0 Å². The predicted molar refractivity (Wildman–Crippen MR) is 72.2 cm³/mol. The highest BCUT2D eigenvalue weighted by Crippen LogP contribution is 2.09. The highest BCUT2D eigenvalue weighted by molar-refractivity contribution is 5.97. The molecule has 0 aromatic heterocycles. The smallest absolute Gasteiger partial charge is 0.263 e. The van der Waals surface area contributed by atoms with Crippen molar-refractivity contribution in [3.63, 3.8) is 0 Å². The molecule has 0 aliphatic carbocycles. The summed E-state index contributed by atoms with van der Waals surface area (Å²) in [5.74, 6) is -0.171. The number of rotatable bonds is 6. The minimum absolute atomic E-state index is 0.0626. The van der Waals surface area contributed by atoms with E-state index in [-0.39, 0.29) is 17.2 Å². The Morgan fingerprint density at radius 3 is 2.68 bits per heavy atom. The number of hydrogen-bond acceptors (Lipinski definition) is 4. The van der Waals surface area contributed by atoms with Crippen molar-refractivity contribution in [3.05, 3.63) is 41.6 Å². The van der Waals surface area contributed by atoms with Gasteiger partial charge in [0.2, 0.25) is 0 Å². The molecule has 1 rings (SSSR count). The summed E-state index contributed by atoms with van der Waals surface area (Å²) in [6, 6.07) is 8.63. The van der Waals surface area contributed by atoms with Crippen LogP contribution in [0.15, 0.2) is 36.0 Å². The topological polar surface area (TPSA) is 85.2 Å². The first-order valence-electron chi connectivity index (χ1n) is 6.07. The van der Waals surface area contributed by atoms with Crippen molar-refractivity contribution in [1.29, 1.82) is 5.26 Å². The second-order valence-corrected chi connectivity index (χ2v) is 3.90. The first kappa shape index (κ1) is 14.6. The van der Waals surface area contributed by atoms with Gasteiger partial charge in [-0.3, -0.25) is 4.79 Å². The molecule has 3 N–H and O–H groups in total. The molecule has 1 aromatic carbocycles. The van der Waals surface area contributed by atoms with E-state index in [4.69, 9.17) is 10.4 Å². The molecular formula is C14H17N3O2. The molecule has 0 radical (unpaired) electrons. The molecule has 0 aliphatic heterocycles.